The Morgan fingerprint density at radius 2 is 1.83 bits per heavy atom. The van der Waals surface area contributed by atoms with Gasteiger partial charge in [-0.3, -0.25) is 9.59 Å². The lowest BCUT2D eigenvalue weighted by atomic mass is 10.0. The third-order valence-electron chi connectivity index (χ3n) is 2.17. The number of ketones is 2. The molecule has 1 rings (SSSR count). The van der Waals surface area contributed by atoms with Gasteiger partial charge in [0.25, 0.3) is 0 Å². The van der Waals surface area contributed by atoms with Crippen molar-refractivity contribution in [1.82, 2.24) is 0 Å². The van der Waals surface area contributed by atoms with Crippen LogP contribution in [-0.2, 0) is 9.59 Å². The Morgan fingerprint density at radius 3 is 2.33 bits per heavy atom. The standard InChI is InChI=1S/C10H14O2/c1-2-3-4-5-8-9(11)6-7-10(8)12/h3-4,8H,2,5-7H2,1H3. The SMILES string of the molecule is CCC=CCC1C(=O)CCC1=O. The van der Waals surface area contributed by atoms with Crippen molar-refractivity contribution in [3.05, 3.63) is 12.2 Å². The highest BCUT2D eigenvalue weighted by molar-refractivity contribution is 6.08. The van der Waals surface area contributed by atoms with Crippen molar-refractivity contribution in [2.24, 2.45) is 5.92 Å². The van der Waals surface area contributed by atoms with E-state index < -0.39 is 0 Å². The van der Waals surface area contributed by atoms with Gasteiger partial charge in [-0.25, -0.2) is 0 Å². The molecule has 0 saturated heterocycles. The van der Waals surface area contributed by atoms with Gasteiger partial charge in [-0.2, -0.15) is 0 Å². The largest absolute Gasteiger partial charge is 0.299 e. The highest BCUT2D eigenvalue weighted by Crippen LogP contribution is 2.21. The van der Waals surface area contributed by atoms with Crippen molar-refractivity contribution in [2.75, 3.05) is 0 Å². The fourth-order valence-corrected chi connectivity index (χ4v) is 1.44. The Bertz CT molecular complexity index is 200. The van der Waals surface area contributed by atoms with Gasteiger partial charge in [0, 0.05) is 12.8 Å². The van der Waals surface area contributed by atoms with Gasteiger partial charge < -0.3 is 0 Å². The van der Waals surface area contributed by atoms with Crippen molar-refractivity contribution in [3.63, 3.8) is 0 Å². The molecule has 2 nitrogen and oxygen atoms in total. The van der Waals surface area contributed by atoms with Gasteiger partial charge in [0.2, 0.25) is 0 Å². The van der Waals surface area contributed by atoms with Gasteiger partial charge in [-0.15, -0.1) is 0 Å². The molecule has 0 spiro atoms. The molecule has 0 aromatic carbocycles. The molecule has 0 radical (unpaired) electrons. The summed E-state index contributed by atoms with van der Waals surface area (Å²) in [5.41, 5.74) is 0. The lowest BCUT2D eigenvalue weighted by Gasteiger charge is -2.00. The van der Waals surface area contributed by atoms with E-state index in [1.54, 1.807) is 0 Å². The molecule has 1 aliphatic rings. The summed E-state index contributed by atoms with van der Waals surface area (Å²) in [6.45, 7) is 2.04. The molecule has 0 N–H and O–H groups in total. The summed E-state index contributed by atoms with van der Waals surface area (Å²) < 4.78 is 0. The molecule has 0 aromatic heterocycles. The van der Waals surface area contributed by atoms with Crippen LogP contribution < -0.4 is 0 Å². The van der Waals surface area contributed by atoms with E-state index in [0.29, 0.717) is 19.3 Å². The summed E-state index contributed by atoms with van der Waals surface area (Å²) in [4.78, 5) is 22.2. The second kappa shape index (κ2) is 4.19. The number of hydrogen-bond acceptors (Lipinski definition) is 2. The van der Waals surface area contributed by atoms with Gasteiger partial charge >= 0.3 is 0 Å². The molecular weight excluding hydrogens is 152 g/mol. The fourth-order valence-electron chi connectivity index (χ4n) is 1.44. The fraction of sp³-hybridized carbons (Fsp3) is 0.600. The number of hydrogen-bond donors (Lipinski definition) is 0. The first-order valence-corrected chi connectivity index (χ1v) is 4.46. The highest BCUT2D eigenvalue weighted by atomic mass is 16.2. The first-order chi connectivity index (χ1) is 5.75. The molecule has 0 heterocycles. The summed E-state index contributed by atoms with van der Waals surface area (Å²) in [5, 5.41) is 0. The Labute approximate surface area is 72.7 Å². The predicted molar refractivity (Wildman–Crippen MR) is 46.8 cm³/mol. The molecule has 1 fully saturated rings. The van der Waals surface area contributed by atoms with E-state index in [1.807, 2.05) is 19.1 Å². The molecular formula is C10H14O2. The maximum atomic E-state index is 11.1. The van der Waals surface area contributed by atoms with E-state index in [0.717, 1.165) is 6.42 Å². The topological polar surface area (TPSA) is 34.1 Å². The predicted octanol–water partition coefficient (Wildman–Crippen LogP) is 1.89. The third-order valence-corrected chi connectivity index (χ3v) is 2.17. The van der Waals surface area contributed by atoms with E-state index >= 15 is 0 Å². The normalized spacial score (nSPS) is 19.8. The Balaban J connectivity index is 2.45. The minimum absolute atomic E-state index is 0.126. The number of carbonyl (C=O) groups excluding carboxylic acids is 2. The zero-order chi connectivity index (χ0) is 8.97. The van der Waals surface area contributed by atoms with Crippen molar-refractivity contribution < 1.29 is 9.59 Å². The van der Waals surface area contributed by atoms with Gasteiger partial charge in [0.1, 0.15) is 11.6 Å². The van der Waals surface area contributed by atoms with Crippen LogP contribution in [0, 0.1) is 5.92 Å². The molecule has 1 saturated carbocycles. The lowest BCUT2D eigenvalue weighted by Crippen LogP contribution is -2.12. The van der Waals surface area contributed by atoms with Crippen LogP contribution in [0.5, 0.6) is 0 Å². The van der Waals surface area contributed by atoms with Crippen LogP contribution in [0.1, 0.15) is 32.6 Å². The molecule has 0 atom stereocenters. The molecule has 12 heavy (non-hydrogen) atoms. The zero-order valence-corrected chi connectivity index (χ0v) is 7.38. The number of carbonyl (C=O) groups is 2. The van der Waals surface area contributed by atoms with Crippen LogP contribution in [0.25, 0.3) is 0 Å². The van der Waals surface area contributed by atoms with Crippen molar-refractivity contribution in [1.29, 1.82) is 0 Å². The van der Waals surface area contributed by atoms with Crippen LogP contribution >= 0.6 is 0 Å². The van der Waals surface area contributed by atoms with Crippen molar-refractivity contribution in [2.45, 2.75) is 32.6 Å². The molecule has 66 valence electrons. The Morgan fingerprint density at radius 1 is 1.25 bits per heavy atom. The van der Waals surface area contributed by atoms with Gasteiger partial charge in [0.05, 0.1) is 5.92 Å². The van der Waals surface area contributed by atoms with Crippen LogP contribution in [0.2, 0.25) is 0 Å². The average molecular weight is 166 g/mol. The molecule has 0 aliphatic heterocycles. The van der Waals surface area contributed by atoms with Gasteiger partial charge in [-0.1, -0.05) is 19.1 Å². The second-order valence-corrected chi connectivity index (χ2v) is 3.10. The van der Waals surface area contributed by atoms with Crippen LogP contribution in [-0.4, -0.2) is 11.6 Å². The Hall–Kier alpha value is -0.920. The lowest BCUT2D eigenvalue weighted by molar-refractivity contribution is -0.126. The maximum Gasteiger partial charge on any atom is 0.144 e. The van der Waals surface area contributed by atoms with E-state index in [9.17, 15) is 9.59 Å². The number of rotatable bonds is 3. The minimum atomic E-state index is -0.312. The quantitative estimate of drug-likeness (QED) is 0.474. The summed E-state index contributed by atoms with van der Waals surface area (Å²) in [6.07, 6.45) is 6.44. The monoisotopic (exact) mass is 166 g/mol. The average Bonchev–Trinajstić information content (AvgIpc) is 2.35. The summed E-state index contributed by atoms with van der Waals surface area (Å²) in [7, 11) is 0. The van der Waals surface area contributed by atoms with Crippen LogP contribution in [0.3, 0.4) is 0 Å². The molecule has 0 aromatic rings. The minimum Gasteiger partial charge on any atom is -0.299 e. The first kappa shape index (κ1) is 9.17. The smallest absolute Gasteiger partial charge is 0.144 e. The molecule has 0 unspecified atom stereocenters. The van der Waals surface area contributed by atoms with Crippen LogP contribution in [0.15, 0.2) is 12.2 Å². The van der Waals surface area contributed by atoms with E-state index in [-0.39, 0.29) is 17.5 Å². The third kappa shape index (κ3) is 2.03. The molecule has 2 heteroatoms. The zero-order valence-electron chi connectivity index (χ0n) is 7.38. The summed E-state index contributed by atoms with van der Waals surface area (Å²) in [6, 6.07) is 0. The van der Waals surface area contributed by atoms with Gasteiger partial charge in [-0.05, 0) is 12.8 Å². The highest BCUT2D eigenvalue weighted by Gasteiger charge is 2.31. The van der Waals surface area contributed by atoms with Crippen molar-refractivity contribution >= 4 is 11.6 Å². The van der Waals surface area contributed by atoms with Crippen molar-refractivity contribution in [3.8, 4) is 0 Å². The number of allylic oxidation sites excluding steroid dienone is 2. The number of Topliss-reactive ketones (excluding diaryl/α,β-unsaturated/α-hetero) is 2. The molecule has 0 bridgehead atoms. The van der Waals surface area contributed by atoms with Crippen LogP contribution in [0.4, 0.5) is 0 Å². The van der Waals surface area contributed by atoms with Gasteiger partial charge in [0.15, 0.2) is 0 Å². The summed E-state index contributed by atoms with van der Waals surface area (Å²) >= 11 is 0. The molecule has 1 aliphatic carbocycles. The second-order valence-electron chi connectivity index (χ2n) is 3.10. The Kier molecular flexibility index (Phi) is 3.20. The first-order valence-electron chi connectivity index (χ1n) is 4.46. The van der Waals surface area contributed by atoms with E-state index in [1.165, 1.54) is 0 Å². The summed E-state index contributed by atoms with van der Waals surface area (Å²) in [5.74, 6) is -0.0608. The van der Waals surface area contributed by atoms with E-state index in [4.69, 9.17) is 0 Å². The van der Waals surface area contributed by atoms with E-state index in [2.05, 4.69) is 0 Å². The maximum absolute atomic E-state index is 11.1. The molecule has 0 amide bonds.